The normalized spacial score (nSPS) is 10.9. The zero-order chi connectivity index (χ0) is 22.6. The largest absolute Gasteiger partial charge is 0.504 e. The molecule has 10 nitrogen and oxygen atoms in total. The summed E-state index contributed by atoms with van der Waals surface area (Å²) in [5, 5.41) is 23.3. The highest BCUT2D eigenvalue weighted by molar-refractivity contribution is 7.92. The third kappa shape index (κ3) is 4.90. The van der Waals surface area contributed by atoms with E-state index in [1.807, 2.05) is 0 Å². The Morgan fingerprint density at radius 2 is 1.81 bits per heavy atom. The number of rotatable bonds is 7. The van der Waals surface area contributed by atoms with E-state index < -0.39 is 20.9 Å². The van der Waals surface area contributed by atoms with Crippen molar-refractivity contribution in [3.8, 4) is 11.5 Å². The fraction of sp³-hybridized carbons (Fsp3) is 0.0500. The van der Waals surface area contributed by atoms with Crippen LogP contribution in [0.4, 0.5) is 17.1 Å². The second-order valence-corrected chi connectivity index (χ2v) is 7.93. The van der Waals surface area contributed by atoms with Crippen molar-refractivity contribution in [3.63, 3.8) is 0 Å². The fourth-order valence-electron chi connectivity index (χ4n) is 2.70. The molecule has 3 rings (SSSR count). The molecule has 0 bridgehead atoms. The summed E-state index contributed by atoms with van der Waals surface area (Å²) in [6.07, 6.45) is 0. The van der Waals surface area contributed by atoms with Crippen LogP contribution in [0.2, 0.25) is 0 Å². The lowest BCUT2D eigenvalue weighted by molar-refractivity contribution is -0.385. The number of anilines is 2. The summed E-state index contributed by atoms with van der Waals surface area (Å²) in [6, 6.07) is 14.7. The number of methoxy groups -OCH3 is 1. The predicted octanol–water partition coefficient (Wildman–Crippen LogP) is 3.36. The molecular formula is C20H17N3O7S. The Balaban J connectivity index is 1.88. The number of ether oxygens (including phenoxy) is 1. The number of para-hydroxylation sites is 1. The van der Waals surface area contributed by atoms with E-state index in [9.17, 15) is 28.4 Å². The number of non-ortho nitro benzene ring substituents is 1. The number of hydrogen-bond donors (Lipinski definition) is 3. The van der Waals surface area contributed by atoms with Gasteiger partial charge in [-0.25, -0.2) is 8.42 Å². The number of nitrogens with one attached hydrogen (secondary N) is 2. The monoisotopic (exact) mass is 443 g/mol. The first-order valence-electron chi connectivity index (χ1n) is 8.76. The summed E-state index contributed by atoms with van der Waals surface area (Å²) in [5.41, 5.74) is -0.135. The van der Waals surface area contributed by atoms with Gasteiger partial charge in [-0.1, -0.05) is 18.2 Å². The number of nitro groups is 1. The number of aromatic hydroxyl groups is 1. The maximum atomic E-state index is 12.7. The van der Waals surface area contributed by atoms with Gasteiger partial charge in [0.15, 0.2) is 11.5 Å². The topological polar surface area (TPSA) is 148 Å². The van der Waals surface area contributed by atoms with Crippen molar-refractivity contribution in [2.75, 3.05) is 17.1 Å². The maximum Gasteiger partial charge on any atom is 0.270 e. The Labute approximate surface area is 177 Å². The molecule has 3 aromatic carbocycles. The van der Waals surface area contributed by atoms with Crippen LogP contribution in [0.3, 0.4) is 0 Å². The molecule has 11 heteroatoms. The SMILES string of the molecule is COc1ccc(NC(=O)c2ccccc2NS(=O)(=O)c2cccc([N+](=O)[O-])c2)cc1O. The summed E-state index contributed by atoms with van der Waals surface area (Å²) in [5.74, 6) is -0.593. The summed E-state index contributed by atoms with van der Waals surface area (Å²) in [6.45, 7) is 0. The molecule has 160 valence electrons. The highest BCUT2D eigenvalue weighted by Crippen LogP contribution is 2.29. The molecule has 3 aromatic rings. The number of sulfonamides is 1. The number of carbonyl (C=O) groups is 1. The number of phenols is 1. The van der Waals surface area contributed by atoms with Gasteiger partial charge in [0.2, 0.25) is 0 Å². The van der Waals surface area contributed by atoms with E-state index in [1.54, 1.807) is 6.07 Å². The molecule has 0 aromatic heterocycles. The lowest BCUT2D eigenvalue weighted by Gasteiger charge is -2.13. The van der Waals surface area contributed by atoms with Crippen molar-refractivity contribution in [1.29, 1.82) is 0 Å². The van der Waals surface area contributed by atoms with Crippen molar-refractivity contribution in [2.45, 2.75) is 4.90 Å². The summed E-state index contributed by atoms with van der Waals surface area (Å²) >= 11 is 0. The van der Waals surface area contributed by atoms with Crippen molar-refractivity contribution < 1.29 is 28.0 Å². The number of phenolic OH excluding ortho intramolecular Hbond substituents is 1. The van der Waals surface area contributed by atoms with Gasteiger partial charge in [0.1, 0.15) is 0 Å². The minimum atomic E-state index is -4.20. The van der Waals surface area contributed by atoms with Crippen LogP contribution < -0.4 is 14.8 Å². The van der Waals surface area contributed by atoms with Gasteiger partial charge in [-0.3, -0.25) is 19.6 Å². The molecule has 0 aliphatic heterocycles. The molecule has 0 radical (unpaired) electrons. The maximum absolute atomic E-state index is 12.7. The quantitative estimate of drug-likeness (QED) is 0.374. The number of nitrogens with zero attached hydrogens (tertiary/aromatic N) is 1. The van der Waals surface area contributed by atoms with Crippen LogP contribution in [-0.2, 0) is 10.0 Å². The van der Waals surface area contributed by atoms with E-state index in [4.69, 9.17) is 4.74 Å². The lowest BCUT2D eigenvalue weighted by Crippen LogP contribution is -2.18. The predicted molar refractivity (Wildman–Crippen MR) is 113 cm³/mol. The second-order valence-electron chi connectivity index (χ2n) is 6.25. The number of amides is 1. The van der Waals surface area contributed by atoms with E-state index in [-0.39, 0.29) is 39.0 Å². The molecule has 31 heavy (non-hydrogen) atoms. The van der Waals surface area contributed by atoms with Crippen molar-refractivity contribution in [3.05, 3.63) is 82.4 Å². The van der Waals surface area contributed by atoms with Gasteiger partial charge in [0, 0.05) is 23.9 Å². The van der Waals surface area contributed by atoms with Crippen molar-refractivity contribution in [2.24, 2.45) is 0 Å². The molecule has 0 heterocycles. The van der Waals surface area contributed by atoms with E-state index in [0.29, 0.717) is 0 Å². The van der Waals surface area contributed by atoms with Crippen molar-refractivity contribution in [1.82, 2.24) is 0 Å². The zero-order valence-electron chi connectivity index (χ0n) is 16.1. The molecule has 0 aliphatic carbocycles. The molecule has 0 saturated heterocycles. The van der Waals surface area contributed by atoms with Gasteiger partial charge in [-0.15, -0.1) is 0 Å². The highest BCUT2D eigenvalue weighted by atomic mass is 32.2. The average Bonchev–Trinajstić information content (AvgIpc) is 2.74. The second kappa shape index (κ2) is 8.71. The van der Waals surface area contributed by atoms with Gasteiger partial charge in [0.25, 0.3) is 21.6 Å². The van der Waals surface area contributed by atoms with Gasteiger partial charge < -0.3 is 15.2 Å². The van der Waals surface area contributed by atoms with Gasteiger partial charge in [-0.2, -0.15) is 0 Å². The standard InChI is InChI=1S/C20H17N3O7S/c1-30-19-10-9-13(11-18(19)24)21-20(25)16-7-2-3-8-17(16)22-31(28,29)15-6-4-5-14(12-15)23(26)27/h2-12,22,24H,1H3,(H,21,25). The van der Waals surface area contributed by atoms with E-state index in [2.05, 4.69) is 10.0 Å². The van der Waals surface area contributed by atoms with Crippen LogP contribution in [0, 0.1) is 10.1 Å². The third-order valence-electron chi connectivity index (χ3n) is 4.19. The molecule has 3 N–H and O–H groups in total. The van der Waals surface area contributed by atoms with E-state index >= 15 is 0 Å². The Kier molecular flexibility index (Phi) is 6.07. The molecule has 0 fully saturated rings. The number of hydrogen-bond acceptors (Lipinski definition) is 7. The molecule has 0 spiro atoms. The molecule has 0 saturated carbocycles. The number of benzene rings is 3. The smallest absolute Gasteiger partial charge is 0.270 e. The first-order valence-corrected chi connectivity index (χ1v) is 10.2. The minimum Gasteiger partial charge on any atom is -0.504 e. The van der Waals surface area contributed by atoms with Crippen LogP contribution >= 0.6 is 0 Å². The molecule has 0 atom stereocenters. The van der Waals surface area contributed by atoms with Gasteiger partial charge in [-0.05, 0) is 30.3 Å². The molecule has 0 aliphatic rings. The summed E-state index contributed by atoms with van der Waals surface area (Å²) in [4.78, 5) is 22.6. The molecule has 0 unspecified atom stereocenters. The van der Waals surface area contributed by atoms with E-state index in [1.165, 1.54) is 61.7 Å². The first-order chi connectivity index (χ1) is 14.7. The number of nitro benzene ring substituents is 1. The van der Waals surface area contributed by atoms with Crippen LogP contribution in [-0.4, -0.2) is 31.5 Å². The Morgan fingerprint density at radius 3 is 2.48 bits per heavy atom. The van der Waals surface area contributed by atoms with Gasteiger partial charge >= 0.3 is 0 Å². The average molecular weight is 443 g/mol. The Morgan fingerprint density at radius 1 is 1.06 bits per heavy atom. The highest BCUT2D eigenvalue weighted by Gasteiger charge is 2.21. The van der Waals surface area contributed by atoms with Crippen LogP contribution in [0.15, 0.2) is 71.6 Å². The van der Waals surface area contributed by atoms with Crippen LogP contribution in [0.25, 0.3) is 0 Å². The van der Waals surface area contributed by atoms with Gasteiger partial charge in [0.05, 0.1) is 28.2 Å². The Bertz CT molecular complexity index is 1260. The third-order valence-corrected chi connectivity index (χ3v) is 5.55. The van der Waals surface area contributed by atoms with E-state index in [0.717, 1.165) is 6.07 Å². The Hall–Kier alpha value is -4.12. The summed E-state index contributed by atoms with van der Waals surface area (Å²) < 4.78 is 32.7. The molecular weight excluding hydrogens is 426 g/mol. The fourth-order valence-corrected chi connectivity index (χ4v) is 3.82. The number of carbonyl (C=O) groups excluding carboxylic acids is 1. The first kappa shape index (κ1) is 21.6. The minimum absolute atomic E-state index is 0.00631. The van der Waals surface area contributed by atoms with Crippen LogP contribution in [0.5, 0.6) is 11.5 Å². The zero-order valence-corrected chi connectivity index (χ0v) is 16.9. The van der Waals surface area contributed by atoms with Crippen LogP contribution in [0.1, 0.15) is 10.4 Å². The molecule has 1 amide bonds. The van der Waals surface area contributed by atoms with Crippen molar-refractivity contribution >= 4 is 33.0 Å². The lowest BCUT2D eigenvalue weighted by atomic mass is 10.1. The summed E-state index contributed by atoms with van der Waals surface area (Å²) in [7, 11) is -2.82.